The highest BCUT2D eigenvalue weighted by molar-refractivity contribution is 6.08. The lowest BCUT2D eigenvalue weighted by atomic mass is 10.0. The first-order valence-corrected chi connectivity index (χ1v) is 9.12. The monoisotopic (exact) mass is 348 g/mol. The van der Waals surface area contributed by atoms with Crippen molar-refractivity contribution in [3.63, 3.8) is 0 Å². The molecule has 0 spiro atoms. The first kappa shape index (κ1) is 15.7. The van der Waals surface area contributed by atoms with Gasteiger partial charge in [0.15, 0.2) is 0 Å². The van der Waals surface area contributed by atoms with E-state index >= 15 is 0 Å². The Hall–Kier alpha value is -3.52. The zero-order valence-electron chi connectivity index (χ0n) is 15.2. The van der Waals surface area contributed by atoms with E-state index in [9.17, 15) is 0 Å². The average molecular weight is 348 g/mol. The van der Waals surface area contributed by atoms with E-state index in [-0.39, 0.29) is 0 Å². The Morgan fingerprint density at radius 1 is 0.889 bits per heavy atom. The number of nitrogens with zero attached hydrogens (tertiary/aromatic N) is 1. The maximum atomic E-state index is 4.29. The number of allylic oxidation sites excluding steroid dienone is 2. The molecule has 0 aliphatic rings. The summed E-state index contributed by atoms with van der Waals surface area (Å²) in [4.78, 5) is 3.47. The molecule has 0 radical (unpaired) electrons. The van der Waals surface area contributed by atoms with Crippen LogP contribution in [0.2, 0.25) is 0 Å². The van der Waals surface area contributed by atoms with Crippen LogP contribution in [0, 0.1) is 0 Å². The van der Waals surface area contributed by atoms with Crippen LogP contribution in [0.25, 0.3) is 44.4 Å². The molecule has 3 aromatic carbocycles. The summed E-state index contributed by atoms with van der Waals surface area (Å²) >= 11 is 0. The van der Waals surface area contributed by atoms with Gasteiger partial charge in [0.1, 0.15) is 0 Å². The standard InChI is InChI=1S/C25H20N2/c1-17(11-12-19-16-27(2)25-10-6-4-7-20(19)25)18-13-14-24-22(15-18)21-8-3-5-9-23(21)26-24/h3-16,26H,1H2,2H3/b12-11-. The van der Waals surface area contributed by atoms with Crippen molar-refractivity contribution < 1.29 is 0 Å². The Bertz CT molecular complexity index is 1350. The minimum atomic E-state index is 1.01. The Labute approximate surface area is 158 Å². The molecule has 130 valence electrons. The van der Waals surface area contributed by atoms with Crippen molar-refractivity contribution >= 4 is 44.4 Å². The maximum absolute atomic E-state index is 4.29. The van der Waals surface area contributed by atoms with Gasteiger partial charge in [0.2, 0.25) is 0 Å². The first-order valence-electron chi connectivity index (χ1n) is 9.12. The average Bonchev–Trinajstić information content (AvgIpc) is 3.23. The van der Waals surface area contributed by atoms with Gasteiger partial charge in [0, 0.05) is 46.0 Å². The van der Waals surface area contributed by atoms with E-state index in [0.717, 1.165) is 16.7 Å². The van der Waals surface area contributed by atoms with Crippen LogP contribution in [-0.2, 0) is 7.05 Å². The van der Waals surface area contributed by atoms with Gasteiger partial charge >= 0.3 is 0 Å². The van der Waals surface area contributed by atoms with Crippen molar-refractivity contribution in [1.82, 2.24) is 9.55 Å². The van der Waals surface area contributed by atoms with Crippen LogP contribution in [0.4, 0.5) is 0 Å². The van der Waals surface area contributed by atoms with Crippen LogP contribution < -0.4 is 0 Å². The van der Waals surface area contributed by atoms with Crippen molar-refractivity contribution in [2.75, 3.05) is 0 Å². The predicted octanol–water partition coefficient (Wildman–Crippen LogP) is 6.54. The highest BCUT2D eigenvalue weighted by atomic mass is 14.9. The molecule has 0 fully saturated rings. The fourth-order valence-corrected chi connectivity index (χ4v) is 3.84. The normalized spacial score (nSPS) is 11.9. The van der Waals surface area contributed by atoms with Gasteiger partial charge in [-0.15, -0.1) is 0 Å². The van der Waals surface area contributed by atoms with E-state index in [4.69, 9.17) is 0 Å². The molecule has 2 heterocycles. The highest BCUT2D eigenvalue weighted by Crippen LogP contribution is 2.29. The van der Waals surface area contributed by atoms with Crippen molar-refractivity contribution in [3.8, 4) is 0 Å². The number of fused-ring (bicyclic) bond motifs is 4. The van der Waals surface area contributed by atoms with Crippen LogP contribution in [0.5, 0.6) is 0 Å². The zero-order chi connectivity index (χ0) is 18.4. The molecule has 5 aromatic rings. The predicted molar refractivity (Wildman–Crippen MR) is 117 cm³/mol. The number of aromatic amines is 1. The van der Waals surface area contributed by atoms with Gasteiger partial charge in [-0.05, 0) is 41.0 Å². The largest absolute Gasteiger partial charge is 0.355 e. The molecular weight excluding hydrogens is 328 g/mol. The summed E-state index contributed by atoms with van der Waals surface area (Å²) in [6.07, 6.45) is 6.43. The number of hydrogen-bond donors (Lipinski definition) is 1. The lowest BCUT2D eigenvalue weighted by Gasteiger charge is -2.01. The highest BCUT2D eigenvalue weighted by Gasteiger charge is 2.06. The first-order chi connectivity index (χ1) is 13.2. The molecule has 1 N–H and O–H groups in total. The molecule has 0 aliphatic heterocycles. The molecule has 2 heteroatoms. The molecule has 0 unspecified atom stereocenters. The SMILES string of the molecule is C=C(/C=C\c1cn(C)c2ccccc12)c1ccc2[nH]c3ccccc3c2c1. The topological polar surface area (TPSA) is 20.7 Å². The van der Waals surface area contributed by atoms with Gasteiger partial charge in [-0.3, -0.25) is 0 Å². The quantitative estimate of drug-likeness (QED) is 0.357. The third kappa shape index (κ3) is 2.58. The summed E-state index contributed by atoms with van der Waals surface area (Å²) in [7, 11) is 2.08. The molecular formula is C25H20N2. The summed E-state index contributed by atoms with van der Waals surface area (Å²) < 4.78 is 2.16. The summed E-state index contributed by atoms with van der Waals surface area (Å²) in [6.45, 7) is 4.29. The number of hydrogen-bond acceptors (Lipinski definition) is 0. The lowest BCUT2D eigenvalue weighted by Crippen LogP contribution is -1.81. The van der Waals surface area contributed by atoms with Gasteiger partial charge in [0.25, 0.3) is 0 Å². The molecule has 0 amide bonds. The van der Waals surface area contributed by atoms with Gasteiger partial charge < -0.3 is 9.55 Å². The molecule has 0 saturated heterocycles. The van der Waals surface area contributed by atoms with Crippen LogP contribution in [0.15, 0.2) is 85.6 Å². The second-order valence-corrected chi connectivity index (χ2v) is 7.00. The van der Waals surface area contributed by atoms with E-state index in [1.165, 1.54) is 32.8 Å². The third-order valence-electron chi connectivity index (χ3n) is 5.27. The third-order valence-corrected chi connectivity index (χ3v) is 5.27. The number of nitrogens with one attached hydrogen (secondary N) is 1. The number of para-hydroxylation sites is 2. The minimum Gasteiger partial charge on any atom is -0.355 e. The van der Waals surface area contributed by atoms with Crippen LogP contribution in [0.1, 0.15) is 11.1 Å². The minimum absolute atomic E-state index is 1.01. The molecule has 2 nitrogen and oxygen atoms in total. The van der Waals surface area contributed by atoms with Crippen LogP contribution in [-0.4, -0.2) is 9.55 Å². The number of H-pyrrole nitrogens is 1. The Kier molecular flexibility index (Phi) is 3.51. The molecule has 0 bridgehead atoms. The summed E-state index contributed by atoms with van der Waals surface area (Å²) in [6, 6.07) is 23.4. The molecule has 5 rings (SSSR count). The fourth-order valence-electron chi connectivity index (χ4n) is 3.84. The summed E-state index contributed by atoms with van der Waals surface area (Å²) in [5, 5.41) is 3.75. The molecule has 0 aliphatic carbocycles. The summed E-state index contributed by atoms with van der Waals surface area (Å²) in [5.41, 5.74) is 6.93. The van der Waals surface area contributed by atoms with Gasteiger partial charge in [-0.1, -0.05) is 61.2 Å². The maximum Gasteiger partial charge on any atom is 0.0483 e. The van der Waals surface area contributed by atoms with Crippen molar-refractivity contribution in [2.45, 2.75) is 0 Å². The number of aryl methyl sites for hydroxylation is 1. The van der Waals surface area contributed by atoms with E-state index in [0.29, 0.717) is 0 Å². The van der Waals surface area contributed by atoms with Gasteiger partial charge in [-0.25, -0.2) is 0 Å². The van der Waals surface area contributed by atoms with Gasteiger partial charge in [0.05, 0.1) is 0 Å². The van der Waals surface area contributed by atoms with Crippen molar-refractivity contribution in [2.24, 2.45) is 7.05 Å². The number of rotatable bonds is 3. The lowest BCUT2D eigenvalue weighted by molar-refractivity contribution is 0.968. The van der Waals surface area contributed by atoms with Gasteiger partial charge in [-0.2, -0.15) is 0 Å². The van der Waals surface area contributed by atoms with Crippen LogP contribution >= 0.6 is 0 Å². The van der Waals surface area contributed by atoms with E-state index in [1.54, 1.807) is 0 Å². The van der Waals surface area contributed by atoms with E-state index < -0.39 is 0 Å². The number of aromatic nitrogens is 2. The Balaban J connectivity index is 1.53. The number of benzene rings is 3. The van der Waals surface area contributed by atoms with Crippen molar-refractivity contribution in [3.05, 3.63) is 96.7 Å². The molecule has 2 aromatic heterocycles. The Morgan fingerprint density at radius 3 is 2.52 bits per heavy atom. The van der Waals surface area contributed by atoms with E-state index in [2.05, 4.69) is 108 Å². The molecule has 0 atom stereocenters. The molecule has 27 heavy (non-hydrogen) atoms. The Morgan fingerprint density at radius 2 is 1.63 bits per heavy atom. The second-order valence-electron chi connectivity index (χ2n) is 7.00. The molecule has 0 saturated carbocycles. The van der Waals surface area contributed by atoms with Crippen LogP contribution in [0.3, 0.4) is 0 Å². The second kappa shape index (κ2) is 6.03. The van der Waals surface area contributed by atoms with Crippen molar-refractivity contribution in [1.29, 1.82) is 0 Å². The fraction of sp³-hybridized carbons (Fsp3) is 0.0400. The smallest absolute Gasteiger partial charge is 0.0483 e. The van der Waals surface area contributed by atoms with E-state index in [1.807, 2.05) is 0 Å². The summed E-state index contributed by atoms with van der Waals surface area (Å²) in [5.74, 6) is 0. The zero-order valence-corrected chi connectivity index (χ0v) is 15.2.